The highest BCUT2D eigenvalue weighted by Crippen LogP contribution is 2.38. The Morgan fingerprint density at radius 2 is 1.67 bits per heavy atom. The van der Waals surface area contributed by atoms with Crippen LogP contribution in [0, 0.1) is 5.41 Å². The third-order valence-electron chi connectivity index (χ3n) is 3.76. The number of hydrogen-bond acceptors (Lipinski definition) is 3. The number of alkyl halides is 2. The Labute approximate surface area is 125 Å². The molecule has 1 saturated heterocycles. The first-order chi connectivity index (χ1) is 9.88. The summed E-state index contributed by atoms with van der Waals surface area (Å²) >= 11 is 0. The van der Waals surface area contributed by atoms with Crippen molar-refractivity contribution < 1.29 is 13.5 Å². The molecule has 1 fully saturated rings. The molecule has 0 aromatic heterocycles. The lowest BCUT2D eigenvalue weighted by molar-refractivity contribution is -0.0498. The van der Waals surface area contributed by atoms with Crippen LogP contribution in [0.1, 0.15) is 32.4 Å². The van der Waals surface area contributed by atoms with Gasteiger partial charge < -0.3 is 10.1 Å². The number of piperazine rings is 1. The number of benzene rings is 1. The zero-order valence-electron chi connectivity index (χ0n) is 12.9. The van der Waals surface area contributed by atoms with Crippen LogP contribution < -0.4 is 10.1 Å². The van der Waals surface area contributed by atoms with Gasteiger partial charge in [0.25, 0.3) is 0 Å². The average Bonchev–Trinajstić information content (AvgIpc) is 2.40. The molecule has 1 heterocycles. The van der Waals surface area contributed by atoms with Crippen molar-refractivity contribution in [3.63, 3.8) is 0 Å². The van der Waals surface area contributed by atoms with Gasteiger partial charge in [0.15, 0.2) is 0 Å². The van der Waals surface area contributed by atoms with Crippen molar-refractivity contribution in [3.8, 4) is 5.75 Å². The Hall–Kier alpha value is -1.20. The number of halogens is 2. The molecule has 0 aliphatic carbocycles. The van der Waals surface area contributed by atoms with Crippen LogP contribution in [0.2, 0.25) is 0 Å². The fourth-order valence-electron chi connectivity index (χ4n) is 3.03. The molecule has 1 N–H and O–H groups in total. The fourth-order valence-corrected chi connectivity index (χ4v) is 3.03. The molecule has 1 aliphatic rings. The Morgan fingerprint density at radius 3 is 2.14 bits per heavy atom. The van der Waals surface area contributed by atoms with Crippen molar-refractivity contribution in [1.82, 2.24) is 10.2 Å². The van der Waals surface area contributed by atoms with E-state index in [1.54, 1.807) is 12.1 Å². The maximum Gasteiger partial charge on any atom is 0.387 e. The summed E-state index contributed by atoms with van der Waals surface area (Å²) in [5, 5.41) is 3.36. The van der Waals surface area contributed by atoms with Gasteiger partial charge in [-0.25, -0.2) is 0 Å². The van der Waals surface area contributed by atoms with E-state index in [0.717, 1.165) is 31.7 Å². The summed E-state index contributed by atoms with van der Waals surface area (Å²) in [6, 6.07) is 7.32. The summed E-state index contributed by atoms with van der Waals surface area (Å²) in [5.74, 6) is 0.210. The zero-order valence-corrected chi connectivity index (χ0v) is 12.9. The lowest BCUT2D eigenvalue weighted by Gasteiger charge is -2.42. The lowest BCUT2D eigenvalue weighted by Crippen LogP contribution is -2.48. The molecule has 0 amide bonds. The smallest absolute Gasteiger partial charge is 0.387 e. The Bertz CT molecular complexity index is 437. The maximum atomic E-state index is 12.2. The van der Waals surface area contributed by atoms with Gasteiger partial charge in [0.1, 0.15) is 5.75 Å². The van der Waals surface area contributed by atoms with Crippen molar-refractivity contribution in [1.29, 1.82) is 0 Å². The minimum atomic E-state index is -2.78. The molecule has 0 saturated carbocycles. The highest BCUT2D eigenvalue weighted by Gasteiger charge is 2.32. The van der Waals surface area contributed by atoms with Gasteiger partial charge in [0.05, 0.1) is 0 Å². The number of ether oxygens (including phenoxy) is 1. The van der Waals surface area contributed by atoms with E-state index >= 15 is 0 Å². The van der Waals surface area contributed by atoms with Gasteiger partial charge >= 0.3 is 6.61 Å². The topological polar surface area (TPSA) is 24.5 Å². The summed E-state index contributed by atoms with van der Waals surface area (Å²) < 4.78 is 28.9. The first-order valence-electron chi connectivity index (χ1n) is 7.37. The molecule has 118 valence electrons. The van der Waals surface area contributed by atoms with E-state index in [4.69, 9.17) is 0 Å². The maximum absolute atomic E-state index is 12.2. The standard InChI is InChI=1S/C16H24F2N2O/c1-16(2,3)14(20-10-8-19-9-11-20)12-4-6-13(7-5-12)21-15(17)18/h4-7,14-15,19H,8-11H2,1-3H3/t14-/m0/s1. The number of hydrogen-bond donors (Lipinski definition) is 1. The van der Waals surface area contributed by atoms with Crippen LogP contribution in [0.4, 0.5) is 8.78 Å². The Kier molecular flexibility index (Phi) is 5.17. The van der Waals surface area contributed by atoms with Gasteiger partial charge in [-0.05, 0) is 23.1 Å². The monoisotopic (exact) mass is 298 g/mol. The van der Waals surface area contributed by atoms with Crippen molar-refractivity contribution in [3.05, 3.63) is 29.8 Å². The number of rotatable bonds is 4. The van der Waals surface area contributed by atoms with Crippen LogP contribution in [-0.4, -0.2) is 37.7 Å². The average molecular weight is 298 g/mol. The van der Waals surface area contributed by atoms with Crippen LogP contribution in [0.5, 0.6) is 5.75 Å². The van der Waals surface area contributed by atoms with Gasteiger partial charge in [0, 0.05) is 32.2 Å². The Morgan fingerprint density at radius 1 is 1.10 bits per heavy atom. The quantitative estimate of drug-likeness (QED) is 0.923. The largest absolute Gasteiger partial charge is 0.435 e. The van der Waals surface area contributed by atoms with Crippen LogP contribution in [0.3, 0.4) is 0 Å². The number of nitrogens with one attached hydrogen (secondary N) is 1. The highest BCUT2D eigenvalue weighted by atomic mass is 19.3. The van der Waals surface area contributed by atoms with Crippen molar-refractivity contribution in [2.24, 2.45) is 5.41 Å². The molecule has 0 unspecified atom stereocenters. The van der Waals surface area contributed by atoms with Crippen LogP contribution in [-0.2, 0) is 0 Å². The molecule has 0 bridgehead atoms. The van der Waals surface area contributed by atoms with Gasteiger partial charge in [-0.1, -0.05) is 32.9 Å². The third-order valence-corrected chi connectivity index (χ3v) is 3.76. The molecule has 1 atom stereocenters. The molecule has 2 rings (SSSR count). The second kappa shape index (κ2) is 6.71. The summed E-state index contributed by atoms with van der Waals surface area (Å²) in [4.78, 5) is 2.46. The normalized spacial score (nSPS) is 18.8. The predicted octanol–water partition coefficient (Wildman–Crippen LogP) is 3.28. The molecule has 1 aromatic rings. The van der Waals surface area contributed by atoms with E-state index in [2.05, 4.69) is 35.7 Å². The minimum absolute atomic E-state index is 0.0719. The van der Waals surface area contributed by atoms with E-state index in [-0.39, 0.29) is 17.2 Å². The minimum Gasteiger partial charge on any atom is -0.435 e. The second-order valence-corrected chi connectivity index (χ2v) is 6.50. The Balaban J connectivity index is 2.20. The van der Waals surface area contributed by atoms with Crippen molar-refractivity contribution in [2.45, 2.75) is 33.4 Å². The van der Waals surface area contributed by atoms with E-state index in [1.165, 1.54) is 0 Å². The lowest BCUT2D eigenvalue weighted by atomic mass is 9.81. The summed E-state index contributed by atoms with van der Waals surface area (Å²) in [6.07, 6.45) is 0. The number of nitrogens with zero attached hydrogens (tertiary/aromatic N) is 1. The highest BCUT2D eigenvalue weighted by molar-refractivity contribution is 5.30. The van der Waals surface area contributed by atoms with Gasteiger partial charge in [0.2, 0.25) is 0 Å². The van der Waals surface area contributed by atoms with E-state index in [9.17, 15) is 8.78 Å². The van der Waals surface area contributed by atoms with Gasteiger partial charge in [-0.2, -0.15) is 8.78 Å². The molecule has 1 aromatic carbocycles. The molecule has 3 nitrogen and oxygen atoms in total. The summed E-state index contributed by atoms with van der Waals surface area (Å²) in [6.45, 7) is 7.82. The van der Waals surface area contributed by atoms with Crippen molar-refractivity contribution in [2.75, 3.05) is 26.2 Å². The second-order valence-electron chi connectivity index (χ2n) is 6.50. The SMILES string of the molecule is CC(C)(C)[C@H](c1ccc(OC(F)F)cc1)N1CCNCC1. The predicted molar refractivity (Wildman–Crippen MR) is 79.7 cm³/mol. The van der Waals surface area contributed by atoms with E-state index < -0.39 is 6.61 Å². The summed E-state index contributed by atoms with van der Waals surface area (Å²) in [5.41, 5.74) is 1.22. The third kappa shape index (κ3) is 4.38. The molecule has 21 heavy (non-hydrogen) atoms. The van der Waals surface area contributed by atoms with Crippen LogP contribution >= 0.6 is 0 Å². The van der Waals surface area contributed by atoms with Crippen LogP contribution in [0.15, 0.2) is 24.3 Å². The van der Waals surface area contributed by atoms with Gasteiger partial charge in [-0.15, -0.1) is 0 Å². The van der Waals surface area contributed by atoms with Crippen molar-refractivity contribution >= 4 is 0 Å². The van der Waals surface area contributed by atoms with E-state index in [1.807, 2.05) is 12.1 Å². The fraction of sp³-hybridized carbons (Fsp3) is 0.625. The molecule has 0 radical (unpaired) electrons. The van der Waals surface area contributed by atoms with Crippen LogP contribution in [0.25, 0.3) is 0 Å². The molecular formula is C16H24F2N2O. The first kappa shape index (κ1) is 16.2. The zero-order chi connectivity index (χ0) is 15.5. The molecular weight excluding hydrogens is 274 g/mol. The van der Waals surface area contributed by atoms with Gasteiger partial charge in [-0.3, -0.25) is 4.90 Å². The molecule has 0 spiro atoms. The van der Waals surface area contributed by atoms with E-state index in [0.29, 0.717) is 0 Å². The summed E-state index contributed by atoms with van der Waals surface area (Å²) in [7, 11) is 0. The molecule has 5 heteroatoms. The molecule has 1 aliphatic heterocycles. The first-order valence-corrected chi connectivity index (χ1v) is 7.37.